The molecule has 0 heterocycles. The fourth-order valence-corrected chi connectivity index (χ4v) is 0. The van der Waals surface area contributed by atoms with Gasteiger partial charge in [-0.25, -0.2) is 0 Å². The Bertz CT molecular complexity index is 52.2. The van der Waals surface area contributed by atoms with Crippen LogP contribution in [0.4, 0.5) is 0 Å². The summed E-state index contributed by atoms with van der Waals surface area (Å²) in [5, 5.41) is 0. The lowest BCUT2D eigenvalue weighted by atomic mass is 11.3. The SMILES string of the molecule is C=C.C[SiH2][Si](C)(C)C.Cl.Cl. The van der Waals surface area contributed by atoms with Crippen LogP contribution >= 0.6 is 24.8 Å². The van der Waals surface area contributed by atoms with Crippen LogP contribution < -0.4 is 0 Å². The summed E-state index contributed by atoms with van der Waals surface area (Å²) in [7, 11) is -0.101. The summed E-state index contributed by atoms with van der Waals surface area (Å²) < 4.78 is 0. The van der Waals surface area contributed by atoms with Crippen LogP contribution in [0.15, 0.2) is 13.2 Å². The second-order valence-electron chi connectivity index (χ2n) is 2.91. The first-order valence-corrected chi connectivity index (χ1v) is 10.3. The smallest absolute Gasteiger partial charge is 0.0307 e. The Hall–Kier alpha value is 0.754. The molecule has 10 heavy (non-hydrogen) atoms. The maximum absolute atomic E-state index is 3.00. The van der Waals surface area contributed by atoms with Crippen molar-refractivity contribution in [3.05, 3.63) is 13.2 Å². The van der Waals surface area contributed by atoms with Crippen molar-refractivity contribution in [2.75, 3.05) is 0 Å². The zero-order valence-corrected chi connectivity index (χ0v) is 11.5. The Balaban J connectivity index is -0.0000000412. The van der Waals surface area contributed by atoms with Crippen molar-refractivity contribution >= 4 is 41.4 Å². The van der Waals surface area contributed by atoms with E-state index in [1.54, 1.807) is 0 Å². The van der Waals surface area contributed by atoms with Crippen LogP contribution in [-0.2, 0) is 0 Å². The molecule has 0 aromatic carbocycles. The van der Waals surface area contributed by atoms with Gasteiger partial charge in [-0.05, 0) is 0 Å². The monoisotopic (exact) mass is 218 g/mol. The van der Waals surface area contributed by atoms with Crippen LogP contribution in [0.5, 0.6) is 0 Å². The summed E-state index contributed by atoms with van der Waals surface area (Å²) in [6, 6.07) is 0. The number of hydrogen-bond acceptors (Lipinski definition) is 0. The molecule has 0 spiro atoms. The summed E-state index contributed by atoms with van der Waals surface area (Å²) in [5.41, 5.74) is 0. The fourth-order valence-electron chi connectivity index (χ4n) is 0. The highest BCUT2D eigenvalue weighted by atomic mass is 35.5. The Labute approximate surface area is 80.9 Å². The molecule has 0 unspecified atom stereocenters. The molecule has 0 N–H and O–H groups in total. The Morgan fingerprint density at radius 2 is 1.10 bits per heavy atom. The lowest BCUT2D eigenvalue weighted by molar-refractivity contribution is 1.85. The van der Waals surface area contributed by atoms with E-state index in [9.17, 15) is 0 Å². The summed E-state index contributed by atoms with van der Waals surface area (Å²) in [5.74, 6) is 0. The molecule has 0 atom stereocenters. The highest BCUT2D eigenvalue weighted by Gasteiger charge is 2.07. The van der Waals surface area contributed by atoms with E-state index < -0.39 is 7.59 Å². The highest BCUT2D eigenvalue weighted by molar-refractivity contribution is 7.22. The van der Waals surface area contributed by atoms with Gasteiger partial charge >= 0.3 is 0 Å². The molecular formula is C6H20Cl2Si2. The predicted molar refractivity (Wildman–Crippen MR) is 63.5 cm³/mol. The molecule has 0 aliphatic rings. The van der Waals surface area contributed by atoms with E-state index >= 15 is 0 Å². The van der Waals surface area contributed by atoms with Crippen LogP contribution in [0.3, 0.4) is 0 Å². The van der Waals surface area contributed by atoms with Crippen molar-refractivity contribution < 1.29 is 0 Å². The van der Waals surface area contributed by atoms with Crippen molar-refractivity contribution in [2.24, 2.45) is 0 Å². The summed E-state index contributed by atoms with van der Waals surface area (Å²) in [4.78, 5) is 0. The van der Waals surface area contributed by atoms with Crippen molar-refractivity contribution in [2.45, 2.75) is 26.2 Å². The molecule has 0 radical (unpaired) electrons. The second kappa shape index (κ2) is 12.4. The minimum atomic E-state index is -0.492. The van der Waals surface area contributed by atoms with Crippen LogP contribution in [0.2, 0.25) is 26.2 Å². The number of hydrogen-bond donors (Lipinski definition) is 0. The average molecular weight is 219 g/mol. The summed E-state index contributed by atoms with van der Waals surface area (Å²) in [6.07, 6.45) is 0. The molecule has 0 nitrogen and oxygen atoms in total. The van der Waals surface area contributed by atoms with Gasteiger partial charge in [-0.2, -0.15) is 0 Å². The van der Waals surface area contributed by atoms with Gasteiger partial charge < -0.3 is 0 Å². The van der Waals surface area contributed by atoms with Gasteiger partial charge in [0.2, 0.25) is 0 Å². The van der Waals surface area contributed by atoms with Crippen LogP contribution in [0, 0.1) is 0 Å². The van der Waals surface area contributed by atoms with Gasteiger partial charge in [-0.15, -0.1) is 38.0 Å². The first-order valence-electron chi connectivity index (χ1n) is 3.06. The van der Waals surface area contributed by atoms with E-state index in [2.05, 4.69) is 39.3 Å². The Kier molecular flexibility index (Phi) is 27.9. The molecule has 0 saturated carbocycles. The normalized spacial score (nSPS) is 8.80. The molecule has 0 aromatic rings. The maximum Gasteiger partial charge on any atom is 0.0307 e. The van der Waals surface area contributed by atoms with Gasteiger partial charge in [0.1, 0.15) is 0 Å². The molecule has 0 aromatic heterocycles. The zero-order chi connectivity index (χ0) is 7.21. The third-order valence-electron chi connectivity index (χ3n) is 1.06. The van der Waals surface area contributed by atoms with E-state index in [1.165, 1.54) is 0 Å². The minimum Gasteiger partial charge on any atom is -0.147 e. The quantitative estimate of drug-likeness (QED) is 0.470. The Morgan fingerprint density at radius 1 is 1.00 bits per heavy atom. The van der Waals surface area contributed by atoms with Crippen molar-refractivity contribution in [1.82, 2.24) is 0 Å². The molecule has 0 amide bonds. The van der Waals surface area contributed by atoms with Crippen LogP contribution in [0.1, 0.15) is 0 Å². The molecule has 66 valence electrons. The third-order valence-corrected chi connectivity index (χ3v) is 9.55. The van der Waals surface area contributed by atoms with Crippen LogP contribution in [-0.4, -0.2) is 16.6 Å². The summed E-state index contributed by atoms with van der Waals surface area (Å²) in [6.45, 7) is 15.7. The molecule has 0 saturated heterocycles. The van der Waals surface area contributed by atoms with Crippen molar-refractivity contribution in [3.63, 3.8) is 0 Å². The zero-order valence-electron chi connectivity index (χ0n) is 7.44. The van der Waals surface area contributed by atoms with Gasteiger partial charge in [-0.1, -0.05) is 26.2 Å². The van der Waals surface area contributed by atoms with Gasteiger partial charge in [0.25, 0.3) is 0 Å². The molecule has 0 aliphatic heterocycles. The Morgan fingerprint density at radius 3 is 1.10 bits per heavy atom. The van der Waals surface area contributed by atoms with Crippen molar-refractivity contribution in [3.8, 4) is 0 Å². The summed E-state index contributed by atoms with van der Waals surface area (Å²) >= 11 is 0. The van der Waals surface area contributed by atoms with Gasteiger partial charge in [0.05, 0.1) is 0 Å². The standard InChI is InChI=1S/C4H14Si2.C2H4.2ClH/c1-5-6(2,3)4;1-2;;/h5H2,1-4H3;1-2H2;2*1H. The lowest BCUT2D eigenvalue weighted by Crippen LogP contribution is -2.26. The van der Waals surface area contributed by atoms with E-state index in [0.717, 1.165) is 0 Å². The van der Waals surface area contributed by atoms with Crippen molar-refractivity contribution in [1.29, 1.82) is 0 Å². The number of rotatable bonds is 1. The first-order chi connectivity index (χ1) is 3.56. The van der Waals surface area contributed by atoms with Gasteiger partial charge in [0.15, 0.2) is 0 Å². The molecular weight excluding hydrogens is 199 g/mol. The van der Waals surface area contributed by atoms with E-state index in [0.29, 0.717) is 9.04 Å². The number of halogens is 2. The molecule has 0 fully saturated rings. The van der Waals surface area contributed by atoms with E-state index in [1.807, 2.05) is 0 Å². The maximum atomic E-state index is 3.00. The molecule has 0 aliphatic carbocycles. The first kappa shape index (κ1) is 22.4. The topological polar surface area (TPSA) is 0 Å². The van der Waals surface area contributed by atoms with E-state index in [-0.39, 0.29) is 24.8 Å². The molecule has 4 heteroatoms. The van der Waals surface area contributed by atoms with Gasteiger partial charge in [0, 0.05) is 16.6 Å². The van der Waals surface area contributed by atoms with Crippen LogP contribution in [0.25, 0.3) is 0 Å². The lowest BCUT2D eigenvalue weighted by Gasteiger charge is -2.08. The highest BCUT2D eigenvalue weighted by Crippen LogP contribution is 1.94. The fraction of sp³-hybridized carbons (Fsp3) is 0.667. The molecule has 0 bridgehead atoms. The molecule has 0 rings (SSSR count). The van der Waals surface area contributed by atoms with E-state index in [4.69, 9.17) is 0 Å². The third kappa shape index (κ3) is 37.3. The average Bonchev–Trinajstić information content (AvgIpc) is 1.71. The van der Waals surface area contributed by atoms with Gasteiger partial charge in [-0.3, -0.25) is 0 Å². The minimum absolute atomic E-state index is 0. The predicted octanol–water partition coefficient (Wildman–Crippen LogP) is 2.68. The second-order valence-corrected chi connectivity index (χ2v) is 17.2. The largest absolute Gasteiger partial charge is 0.147 e.